The minimum Gasteiger partial charge on any atom is -0.484 e. The number of amides is 2. The molecule has 0 spiro atoms. The number of nitrogens with one attached hydrogen (secondary N) is 2. The molecule has 0 fully saturated rings. The molecule has 0 saturated heterocycles. The van der Waals surface area contributed by atoms with Crippen LogP contribution in [-0.4, -0.2) is 24.7 Å². The maximum Gasteiger partial charge on any atom is 0.416 e. The maximum atomic E-state index is 12.8. The van der Waals surface area contributed by atoms with Crippen molar-refractivity contribution in [2.75, 3.05) is 17.2 Å². The zero-order chi connectivity index (χ0) is 23.1. The molecule has 0 aliphatic rings. The van der Waals surface area contributed by atoms with Gasteiger partial charge in [-0.1, -0.05) is 12.1 Å². The average Bonchev–Trinajstić information content (AvgIpc) is 2.78. The first-order valence-corrected chi connectivity index (χ1v) is 9.31. The van der Waals surface area contributed by atoms with Crippen molar-refractivity contribution in [2.24, 2.45) is 0 Å². The first kappa shape index (κ1) is 22.5. The van der Waals surface area contributed by atoms with E-state index in [-0.39, 0.29) is 17.9 Å². The number of anilines is 2. The Kier molecular flexibility index (Phi) is 6.89. The van der Waals surface area contributed by atoms with Gasteiger partial charge in [-0.15, -0.1) is 0 Å². The molecule has 0 unspecified atom stereocenters. The molecule has 0 saturated carbocycles. The van der Waals surface area contributed by atoms with Crippen molar-refractivity contribution in [2.45, 2.75) is 6.18 Å². The van der Waals surface area contributed by atoms with Gasteiger partial charge < -0.3 is 15.4 Å². The lowest BCUT2D eigenvalue weighted by molar-refractivity contribution is -0.137. The number of alkyl halides is 3. The van der Waals surface area contributed by atoms with Crippen molar-refractivity contribution >= 4 is 29.5 Å². The summed E-state index contributed by atoms with van der Waals surface area (Å²) in [5.74, 6) is -0.716. The van der Waals surface area contributed by atoms with Gasteiger partial charge in [-0.25, -0.2) is 0 Å². The standard InChI is InChI=1S/C23H17F3N2O4/c24-23(25,26)17-4-2-6-19(12-17)28-22(31)16-3-1-5-18(11-16)27-21(30)14-32-20-9-7-15(13-29)8-10-20/h1-13H,14H2,(H,27,30)(H,28,31). The highest BCUT2D eigenvalue weighted by Crippen LogP contribution is 2.30. The monoisotopic (exact) mass is 442 g/mol. The number of hydrogen-bond donors (Lipinski definition) is 2. The summed E-state index contributed by atoms with van der Waals surface area (Å²) in [6, 6.07) is 16.4. The number of rotatable bonds is 7. The van der Waals surface area contributed by atoms with Gasteiger partial charge in [0.05, 0.1) is 5.56 Å². The van der Waals surface area contributed by atoms with Crippen LogP contribution >= 0.6 is 0 Å². The molecule has 0 aliphatic carbocycles. The van der Waals surface area contributed by atoms with E-state index in [2.05, 4.69) is 10.6 Å². The van der Waals surface area contributed by atoms with E-state index in [0.29, 0.717) is 23.3 Å². The third-order valence-corrected chi connectivity index (χ3v) is 4.24. The molecular formula is C23H17F3N2O4. The molecule has 3 aromatic carbocycles. The minimum atomic E-state index is -4.52. The number of carbonyl (C=O) groups excluding carboxylic acids is 3. The molecule has 3 rings (SSSR count). The number of carbonyl (C=O) groups is 3. The van der Waals surface area contributed by atoms with Gasteiger partial charge in [0.2, 0.25) is 0 Å². The predicted molar refractivity (Wildman–Crippen MR) is 112 cm³/mol. The van der Waals surface area contributed by atoms with Crippen molar-refractivity contribution in [3.63, 3.8) is 0 Å². The summed E-state index contributed by atoms with van der Waals surface area (Å²) in [7, 11) is 0. The molecule has 32 heavy (non-hydrogen) atoms. The van der Waals surface area contributed by atoms with Crippen LogP contribution in [0.5, 0.6) is 5.75 Å². The lowest BCUT2D eigenvalue weighted by atomic mass is 10.1. The number of ether oxygens (including phenoxy) is 1. The van der Waals surface area contributed by atoms with Crippen LogP contribution < -0.4 is 15.4 Å². The SMILES string of the molecule is O=Cc1ccc(OCC(=O)Nc2cccc(C(=O)Nc3cccc(C(F)(F)F)c3)c2)cc1. The fourth-order valence-electron chi connectivity index (χ4n) is 2.70. The quantitative estimate of drug-likeness (QED) is 0.516. The minimum absolute atomic E-state index is 0.00624. The van der Waals surface area contributed by atoms with Gasteiger partial charge in [0.1, 0.15) is 12.0 Å². The highest BCUT2D eigenvalue weighted by molar-refractivity contribution is 6.05. The summed E-state index contributed by atoms with van der Waals surface area (Å²) in [6.07, 6.45) is -3.84. The number of aldehydes is 1. The Bertz CT molecular complexity index is 1130. The first-order valence-electron chi connectivity index (χ1n) is 9.31. The van der Waals surface area contributed by atoms with Gasteiger partial charge in [0, 0.05) is 22.5 Å². The van der Waals surface area contributed by atoms with Gasteiger partial charge in [-0.05, 0) is 60.7 Å². The van der Waals surface area contributed by atoms with Crippen LogP contribution in [0.1, 0.15) is 26.3 Å². The Morgan fingerprint density at radius 1 is 0.875 bits per heavy atom. The number of halogens is 3. The highest BCUT2D eigenvalue weighted by atomic mass is 19.4. The molecular weight excluding hydrogens is 425 g/mol. The van der Waals surface area contributed by atoms with E-state index in [4.69, 9.17) is 4.74 Å². The third-order valence-electron chi connectivity index (χ3n) is 4.24. The van der Waals surface area contributed by atoms with Crippen LogP contribution in [0, 0.1) is 0 Å². The van der Waals surface area contributed by atoms with Crippen LogP contribution in [0.15, 0.2) is 72.8 Å². The van der Waals surface area contributed by atoms with Crippen molar-refractivity contribution in [3.8, 4) is 5.75 Å². The first-order chi connectivity index (χ1) is 15.2. The molecule has 164 valence electrons. The van der Waals surface area contributed by atoms with Gasteiger partial charge in [0.25, 0.3) is 11.8 Å². The van der Waals surface area contributed by atoms with Crippen LogP contribution in [0.25, 0.3) is 0 Å². The van der Waals surface area contributed by atoms with E-state index in [1.807, 2.05) is 0 Å². The van der Waals surface area contributed by atoms with Gasteiger partial charge in [-0.3, -0.25) is 14.4 Å². The Labute approximate surface area is 181 Å². The Balaban J connectivity index is 1.60. The lowest BCUT2D eigenvalue weighted by Gasteiger charge is -2.11. The summed E-state index contributed by atoms with van der Waals surface area (Å²) in [5, 5.41) is 4.98. The summed E-state index contributed by atoms with van der Waals surface area (Å²) >= 11 is 0. The molecule has 6 nitrogen and oxygen atoms in total. The van der Waals surface area contributed by atoms with E-state index < -0.39 is 23.6 Å². The second kappa shape index (κ2) is 9.78. The molecule has 0 radical (unpaired) electrons. The van der Waals surface area contributed by atoms with Gasteiger partial charge in [0.15, 0.2) is 6.61 Å². The van der Waals surface area contributed by atoms with Crippen LogP contribution in [-0.2, 0) is 11.0 Å². The molecule has 0 aliphatic heterocycles. The second-order valence-corrected chi connectivity index (χ2v) is 6.64. The smallest absolute Gasteiger partial charge is 0.416 e. The average molecular weight is 442 g/mol. The molecule has 0 atom stereocenters. The molecule has 3 aromatic rings. The summed E-state index contributed by atoms with van der Waals surface area (Å²) < 4.78 is 43.8. The Hall–Kier alpha value is -4.14. The fraction of sp³-hybridized carbons (Fsp3) is 0.0870. The highest BCUT2D eigenvalue weighted by Gasteiger charge is 2.30. The third kappa shape index (κ3) is 6.18. The topological polar surface area (TPSA) is 84.5 Å². The van der Waals surface area contributed by atoms with Crippen molar-refractivity contribution in [1.82, 2.24) is 0 Å². The van der Waals surface area contributed by atoms with Crippen LogP contribution in [0.3, 0.4) is 0 Å². The molecule has 9 heteroatoms. The Morgan fingerprint density at radius 3 is 2.19 bits per heavy atom. The maximum absolute atomic E-state index is 12.8. The van der Waals surface area contributed by atoms with Crippen molar-refractivity contribution in [3.05, 3.63) is 89.5 Å². The van der Waals surface area contributed by atoms with Gasteiger partial charge >= 0.3 is 6.18 Å². The lowest BCUT2D eigenvalue weighted by Crippen LogP contribution is -2.20. The molecule has 0 bridgehead atoms. The van der Waals surface area contributed by atoms with E-state index in [1.165, 1.54) is 30.3 Å². The molecule has 0 aromatic heterocycles. The van der Waals surface area contributed by atoms with Crippen LogP contribution in [0.2, 0.25) is 0 Å². The summed E-state index contributed by atoms with van der Waals surface area (Å²) in [6.45, 7) is -0.304. The van der Waals surface area contributed by atoms with E-state index in [0.717, 1.165) is 12.1 Å². The van der Waals surface area contributed by atoms with Crippen molar-refractivity contribution < 1.29 is 32.3 Å². The van der Waals surface area contributed by atoms with Crippen molar-refractivity contribution in [1.29, 1.82) is 0 Å². The number of benzene rings is 3. The second-order valence-electron chi connectivity index (χ2n) is 6.64. The summed E-state index contributed by atoms with van der Waals surface area (Å²) in [5.41, 5.74) is 0.0459. The predicted octanol–water partition coefficient (Wildman–Crippen LogP) is 4.79. The van der Waals surface area contributed by atoms with Crippen LogP contribution in [0.4, 0.5) is 24.5 Å². The summed E-state index contributed by atoms with van der Waals surface area (Å²) in [4.78, 5) is 35.2. The normalized spacial score (nSPS) is 10.8. The van der Waals surface area contributed by atoms with Gasteiger partial charge in [-0.2, -0.15) is 13.2 Å². The molecule has 2 amide bonds. The zero-order valence-electron chi connectivity index (χ0n) is 16.5. The fourth-order valence-corrected chi connectivity index (χ4v) is 2.70. The zero-order valence-corrected chi connectivity index (χ0v) is 16.5. The van der Waals surface area contributed by atoms with E-state index in [9.17, 15) is 27.6 Å². The largest absolute Gasteiger partial charge is 0.484 e. The Morgan fingerprint density at radius 2 is 1.53 bits per heavy atom. The molecule has 2 N–H and O–H groups in total. The number of hydrogen-bond acceptors (Lipinski definition) is 4. The molecule has 0 heterocycles. The van der Waals surface area contributed by atoms with E-state index in [1.54, 1.807) is 30.3 Å². The van der Waals surface area contributed by atoms with E-state index >= 15 is 0 Å².